The van der Waals surface area contributed by atoms with Gasteiger partial charge in [-0.25, -0.2) is 0 Å². The van der Waals surface area contributed by atoms with Gasteiger partial charge in [0.05, 0.1) is 18.8 Å². The number of Topliss-reactive ketones (excluding diaryl/α,β-unsaturated/α-hetero) is 1. The van der Waals surface area contributed by atoms with Gasteiger partial charge >= 0.3 is 0 Å². The van der Waals surface area contributed by atoms with Crippen LogP contribution in [0.4, 0.5) is 0 Å². The van der Waals surface area contributed by atoms with Crippen molar-refractivity contribution in [1.82, 2.24) is 9.47 Å². The van der Waals surface area contributed by atoms with Gasteiger partial charge in [-0.05, 0) is 18.6 Å². The fourth-order valence-electron chi connectivity index (χ4n) is 1.96. The van der Waals surface area contributed by atoms with Crippen LogP contribution < -0.4 is 0 Å². The van der Waals surface area contributed by atoms with E-state index in [0.717, 1.165) is 25.2 Å². The molecule has 1 heterocycles. The molecular weight excluding hydrogens is 244 g/mol. The number of aryl methyl sites for hydroxylation is 1. The van der Waals surface area contributed by atoms with Crippen LogP contribution in [-0.4, -0.2) is 62.3 Å². The minimum Gasteiger partial charge on any atom is -0.385 e. The monoisotopic (exact) mass is 268 g/mol. The number of ether oxygens (including phenoxy) is 2. The Kier molecular flexibility index (Phi) is 7.40. The van der Waals surface area contributed by atoms with Crippen molar-refractivity contribution in [3.63, 3.8) is 0 Å². The first-order chi connectivity index (χ1) is 9.19. The molecule has 5 heteroatoms. The SMILES string of the molecule is COCCCN(CCOC)CC(=O)c1cccn1C. The molecule has 0 aliphatic carbocycles. The molecule has 0 saturated heterocycles. The summed E-state index contributed by atoms with van der Waals surface area (Å²) >= 11 is 0. The van der Waals surface area contributed by atoms with Crippen LogP contribution in [0.15, 0.2) is 18.3 Å². The zero-order valence-electron chi connectivity index (χ0n) is 12.1. The second kappa shape index (κ2) is 8.85. The van der Waals surface area contributed by atoms with Gasteiger partial charge in [0.1, 0.15) is 0 Å². The smallest absolute Gasteiger partial charge is 0.193 e. The number of carbonyl (C=O) groups excluding carboxylic acids is 1. The van der Waals surface area contributed by atoms with Crippen LogP contribution in [0.25, 0.3) is 0 Å². The largest absolute Gasteiger partial charge is 0.385 e. The Balaban J connectivity index is 2.50. The number of hydrogen-bond acceptors (Lipinski definition) is 4. The van der Waals surface area contributed by atoms with Crippen LogP contribution in [0.1, 0.15) is 16.9 Å². The molecule has 0 aromatic carbocycles. The van der Waals surface area contributed by atoms with Gasteiger partial charge in [0.2, 0.25) is 0 Å². The number of hydrogen-bond donors (Lipinski definition) is 0. The molecule has 1 aromatic rings. The van der Waals surface area contributed by atoms with Gasteiger partial charge in [0, 0.05) is 47.2 Å². The van der Waals surface area contributed by atoms with E-state index in [9.17, 15) is 4.79 Å². The van der Waals surface area contributed by atoms with Crippen LogP contribution in [-0.2, 0) is 16.5 Å². The fourth-order valence-corrected chi connectivity index (χ4v) is 1.96. The van der Waals surface area contributed by atoms with Crippen LogP contribution in [0.5, 0.6) is 0 Å². The van der Waals surface area contributed by atoms with E-state index in [1.54, 1.807) is 14.2 Å². The Bertz CT molecular complexity index is 377. The Morgan fingerprint density at radius 3 is 2.58 bits per heavy atom. The van der Waals surface area contributed by atoms with E-state index in [0.29, 0.717) is 19.8 Å². The molecule has 108 valence electrons. The van der Waals surface area contributed by atoms with Gasteiger partial charge < -0.3 is 14.0 Å². The van der Waals surface area contributed by atoms with Crippen molar-refractivity contribution in [1.29, 1.82) is 0 Å². The molecule has 19 heavy (non-hydrogen) atoms. The first kappa shape index (κ1) is 15.9. The third kappa shape index (κ3) is 5.55. The Morgan fingerprint density at radius 1 is 1.26 bits per heavy atom. The average Bonchev–Trinajstić information content (AvgIpc) is 2.82. The number of methoxy groups -OCH3 is 2. The number of aromatic nitrogens is 1. The quantitative estimate of drug-likeness (QED) is 0.472. The van der Waals surface area contributed by atoms with E-state index < -0.39 is 0 Å². The van der Waals surface area contributed by atoms with Gasteiger partial charge in [-0.2, -0.15) is 0 Å². The highest BCUT2D eigenvalue weighted by Gasteiger charge is 2.14. The molecule has 0 saturated carbocycles. The van der Waals surface area contributed by atoms with E-state index in [4.69, 9.17) is 9.47 Å². The number of nitrogens with zero attached hydrogens (tertiary/aromatic N) is 2. The minimum atomic E-state index is 0.140. The average molecular weight is 268 g/mol. The molecule has 0 fully saturated rings. The molecule has 0 bridgehead atoms. The summed E-state index contributed by atoms with van der Waals surface area (Å²) in [7, 11) is 5.25. The molecule has 1 aromatic heterocycles. The lowest BCUT2D eigenvalue weighted by Gasteiger charge is -2.21. The number of rotatable bonds is 10. The molecule has 0 spiro atoms. The lowest BCUT2D eigenvalue weighted by Crippen LogP contribution is -2.34. The summed E-state index contributed by atoms with van der Waals surface area (Å²) < 4.78 is 12.0. The summed E-state index contributed by atoms with van der Waals surface area (Å²) in [6.45, 7) is 3.36. The summed E-state index contributed by atoms with van der Waals surface area (Å²) in [5.41, 5.74) is 0.745. The van der Waals surface area contributed by atoms with Crippen molar-refractivity contribution < 1.29 is 14.3 Å². The van der Waals surface area contributed by atoms with Crippen molar-refractivity contribution in [3.05, 3.63) is 24.0 Å². The minimum absolute atomic E-state index is 0.140. The maximum atomic E-state index is 12.2. The predicted octanol–water partition coefficient (Wildman–Crippen LogP) is 1.19. The van der Waals surface area contributed by atoms with E-state index in [-0.39, 0.29) is 5.78 Å². The third-order valence-electron chi connectivity index (χ3n) is 3.03. The zero-order chi connectivity index (χ0) is 14.1. The molecule has 0 aliphatic rings. The van der Waals surface area contributed by atoms with E-state index >= 15 is 0 Å². The van der Waals surface area contributed by atoms with Gasteiger partial charge in [-0.1, -0.05) is 0 Å². The fraction of sp³-hybridized carbons (Fsp3) is 0.643. The van der Waals surface area contributed by atoms with E-state index in [2.05, 4.69) is 4.90 Å². The highest BCUT2D eigenvalue weighted by atomic mass is 16.5. The first-order valence-electron chi connectivity index (χ1n) is 6.53. The number of carbonyl (C=O) groups is 1. The first-order valence-corrected chi connectivity index (χ1v) is 6.53. The maximum Gasteiger partial charge on any atom is 0.193 e. The molecule has 0 aliphatic heterocycles. The molecule has 0 amide bonds. The second-order valence-corrected chi connectivity index (χ2v) is 4.54. The van der Waals surface area contributed by atoms with E-state index in [1.165, 1.54) is 0 Å². The summed E-state index contributed by atoms with van der Waals surface area (Å²) in [5.74, 6) is 0.140. The van der Waals surface area contributed by atoms with Crippen molar-refractivity contribution in [2.75, 3.05) is 47.1 Å². The predicted molar refractivity (Wildman–Crippen MR) is 74.6 cm³/mol. The van der Waals surface area contributed by atoms with Crippen LogP contribution >= 0.6 is 0 Å². The lowest BCUT2D eigenvalue weighted by atomic mass is 10.2. The summed E-state index contributed by atoms with van der Waals surface area (Å²) in [5, 5.41) is 0. The van der Waals surface area contributed by atoms with Crippen molar-refractivity contribution in [2.24, 2.45) is 7.05 Å². The van der Waals surface area contributed by atoms with Crippen molar-refractivity contribution >= 4 is 5.78 Å². The van der Waals surface area contributed by atoms with Gasteiger partial charge in [0.15, 0.2) is 5.78 Å². The van der Waals surface area contributed by atoms with Crippen molar-refractivity contribution in [2.45, 2.75) is 6.42 Å². The molecule has 1 rings (SSSR count). The molecule has 5 nitrogen and oxygen atoms in total. The maximum absolute atomic E-state index is 12.2. The molecule has 0 atom stereocenters. The third-order valence-corrected chi connectivity index (χ3v) is 3.03. The van der Waals surface area contributed by atoms with E-state index in [1.807, 2.05) is 29.9 Å². The van der Waals surface area contributed by atoms with Gasteiger partial charge in [-0.15, -0.1) is 0 Å². The van der Waals surface area contributed by atoms with Crippen LogP contribution in [0.3, 0.4) is 0 Å². The van der Waals surface area contributed by atoms with Crippen molar-refractivity contribution in [3.8, 4) is 0 Å². The molecular formula is C14H24N2O3. The van der Waals surface area contributed by atoms with Gasteiger partial charge in [-0.3, -0.25) is 9.69 Å². The summed E-state index contributed by atoms with van der Waals surface area (Å²) in [6, 6.07) is 3.74. The lowest BCUT2D eigenvalue weighted by molar-refractivity contribution is 0.0870. The standard InChI is InChI=1S/C14H24N2O3/c1-15-7-4-6-13(15)14(17)12-16(9-11-19-3)8-5-10-18-2/h4,6-7H,5,8-12H2,1-3H3. The molecule has 0 unspecified atom stereocenters. The zero-order valence-corrected chi connectivity index (χ0v) is 12.1. The second-order valence-electron chi connectivity index (χ2n) is 4.54. The Morgan fingerprint density at radius 2 is 2.00 bits per heavy atom. The highest BCUT2D eigenvalue weighted by Crippen LogP contribution is 2.03. The Hall–Kier alpha value is -1.17. The summed E-state index contributed by atoms with van der Waals surface area (Å²) in [6.07, 6.45) is 2.80. The normalized spacial score (nSPS) is 11.2. The Labute approximate surface area is 115 Å². The molecule has 0 radical (unpaired) electrons. The molecule has 0 N–H and O–H groups in total. The van der Waals surface area contributed by atoms with Gasteiger partial charge in [0.25, 0.3) is 0 Å². The van der Waals surface area contributed by atoms with Crippen LogP contribution in [0, 0.1) is 0 Å². The summed E-state index contributed by atoms with van der Waals surface area (Å²) in [4.78, 5) is 14.3. The highest BCUT2D eigenvalue weighted by molar-refractivity contribution is 5.96. The topological polar surface area (TPSA) is 43.7 Å². The van der Waals surface area contributed by atoms with Crippen LogP contribution in [0.2, 0.25) is 0 Å². The number of ketones is 1.